The predicted molar refractivity (Wildman–Crippen MR) is 106 cm³/mol. The van der Waals surface area contributed by atoms with Crippen molar-refractivity contribution in [3.8, 4) is 5.75 Å². The molecule has 0 aliphatic carbocycles. The summed E-state index contributed by atoms with van der Waals surface area (Å²) in [6, 6.07) is 11.9. The molecule has 0 atom stereocenters. The first-order valence-electron chi connectivity index (χ1n) is 8.60. The highest BCUT2D eigenvalue weighted by Crippen LogP contribution is 2.29. The van der Waals surface area contributed by atoms with E-state index in [1.54, 1.807) is 12.1 Å². The van der Waals surface area contributed by atoms with Crippen molar-refractivity contribution in [3.05, 3.63) is 47.5 Å². The van der Waals surface area contributed by atoms with Gasteiger partial charge in [-0.15, -0.1) is 0 Å². The molecular weight excluding hydrogens is 372 g/mol. The first kappa shape index (κ1) is 18.9. The third-order valence-electron chi connectivity index (χ3n) is 4.70. The third kappa shape index (κ3) is 4.24. The van der Waals surface area contributed by atoms with Crippen LogP contribution >= 0.6 is 11.6 Å². The minimum Gasteiger partial charge on any atom is -0.495 e. The van der Waals surface area contributed by atoms with E-state index in [0.717, 1.165) is 24.7 Å². The predicted octanol–water partition coefficient (Wildman–Crippen LogP) is 4.39. The average Bonchev–Trinajstić information content (AvgIpc) is 2.63. The number of hydrogen-bond donors (Lipinski definition) is 1. The maximum Gasteiger partial charge on any atom is 0.261 e. The highest BCUT2D eigenvalue weighted by Gasteiger charge is 2.18. The summed E-state index contributed by atoms with van der Waals surface area (Å²) in [6.45, 7) is 4.35. The summed E-state index contributed by atoms with van der Waals surface area (Å²) in [5.41, 5.74) is 1.64. The van der Waals surface area contributed by atoms with E-state index >= 15 is 0 Å². The van der Waals surface area contributed by atoms with Gasteiger partial charge in [-0.25, -0.2) is 8.42 Å². The van der Waals surface area contributed by atoms with E-state index in [1.807, 2.05) is 12.1 Å². The maximum atomic E-state index is 12.6. The van der Waals surface area contributed by atoms with Gasteiger partial charge in [-0.2, -0.15) is 0 Å². The normalized spacial score (nSPS) is 15.7. The standard InChI is InChI=1S/C19H23ClN2O3S/c1-14-9-11-22(12-10-14)16-5-3-15(4-6-16)21-26(23,24)17-7-8-19(25-2)18(20)13-17/h3-8,13-14,21H,9-12H2,1-2H3. The van der Waals surface area contributed by atoms with Crippen LogP contribution in [0.25, 0.3) is 0 Å². The Hall–Kier alpha value is -1.92. The van der Waals surface area contributed by atoms with Gasteiger partial charge in [0.1, 0.15) is 5.75 Å². The van der Waals surface area contributed by atoms with E-state index in [-0.39, 0.29) is 9.92 Å². The lowest BCUT2D eigenvalue weighted by Gasteiger charge is -2.32. The van der Waals surface area contributed by atoms with Gasteiger partial charge in [0.2, 0.25) is 0 Å². The first-order chi connectivity index (χ1) is 12.4. The van der Waals surface area contributed by atoms with Crippen LogP contribution in [-0.2, 0) is 10.0 Å². The summed E-state index contributed by atoms with van der Waals surface area (Å²) in [6.07, 6.45) is 2.37. The zero-order valence-electron chi connectivity index (χ0n) is 14.9. The summed E-state index contributed by atoms with van der Waals surface area (Å²) in [7, 11) is -2.23. The molecule has 0 aromatic heterocycles. The van der Waals surface area contributed by atoms with Crippen LogP contribution in [-0.4, -0.2) is 28.6 Å². The molecule has 1 heterocycles. The molecule has 0 saturated carbocycles. The van der Waals surface area contributed by atoms with Crippen LogP contribution in [0.5, 0.6) is 5.75 Å². The molecule has 26 heavy (non-hydrogen) atoms. The van der Waals surface area contributed by atoms with Crippen molar-refractivity contribution in [2.75, 3.05) is 29.8 Å². The number of halogens is 1. The Bertz CT molecular complexity index is 861. The van der Waals surface area contributed by atoms with Crippen molar-refractivity contribution >= 4 is 33.0 Å². The minimum absolute atomic E-state index is 0.0948. The zero-order valence-corrected chi connectivity index (χ0v) is 16.5. The van der Waals surface area contributed by atoms with Gasteiger partial charge in [-0.3, -0.25) is 4.72 Å². The number of sulfonamides is 1. The van der Waals surface area contributed by atoms with Crippen LogP contribution in [0.2, 0.25) is 5.02 Å². The van der Waals surface area contributed by atoms with Crippen molar-refractivity contribution in [1.29, 1.82) is 0 Å². The molecule has 0 bridgehead atoms. The third-order valence-corrected chi connectivity index (χ3v) is 6.38. The number of hydrogen-bond acceptors (Lipinski definition) is 4. The molecule has 0 unspecified atom stereocenters. The molecule has 1 aliphatic heterocycles. The zero-order chi connectivity index (χ0) is 18.7. The number of anilines is 2. The smallest absolute Gasteiger partial charge is 0.261 e. The maximum absolute atomic E-state index is 12.6. The summed E-state index contributed by atoms with van der Waals surface area (Å²) >= 11 is 6.03. The summed E-state index contributed by atoms with van der Waals surface area (Å²) in [5, 5.41) is 0.255. The lowest BCUT2D eigenvalue weighted by molar-refractivity contribution is 0.414. The molecule has 1 aliphatic rings. The second-order valence-corrected chi connectivity index (χ2v) is 8.71. The molecular formula is C19H23ClN2O3S. The van der Waals surface area contributed by atoms with Crippen LogP contribution < -0.4 is 14.4 Å². The Morgan fingerprint density at radius 3 is 2.35 bits per heavy atom. The lowest BCUT2D eigenvalue weighted by atomic mass is 9.99. The number of ether oxygens (including phenoxy) is 1. The number of piperidine rings is 1. The highest BCUT2D eigenvalue weighted by molar-refractivity contribution is 7.92. The number of nitrogens with one attached hydrogen (secondary N) is 1. The summed E-state index contributed by atoms with van der Waals surface area (Å²) < 4.78 is 32.8. The van der Waals surface area contributed by atoms with E-state index < -0.39 is 10.0 Å². The summed E-state index contributed by atoms with van der Waals surface area (Å²) in [5.74, 6) is 1.21. The number of nitrogens with zero attached hydrogens (tertiary/aromatic N) is 1. The molecule has 0 spiro atoms. The second kappa shape index (κ2) is 7.76. The van der Waals surface area contributed by atoms with Crippen molar-refractivity contribution in [1.82, 2.24) is 0 Å². The monoisotopic (exact) mass is 394 g/mol. The van der Waals surface area contributed by atoms with Crippen molar-refractivity contribution < 1.29 is 13.2 Å². The first-order valence-corrected chi connectivity index (χ1v) is 10.5. The van der Waals surface area contributed by atoms with Crippen LogP contribution in [0.4, 0.5) is 11.4 Å². The minimum atomic E-state index is -3.71. The second-order valence-electron chi connectivity index (χ2n) is 6.62. The highest BCUT2D eigenvalue weighted by atomic mass is 35.5. The topological polar surface area (TPSA) is 58.6 Å². The van der Waals surface area contributed by atoms with Crippen LogP contribution in [0.1, 0.15) is 19.8 Å². The van der Waals surface area contributed by atoms with Gasteiger partial charge >= 0.3 is 0 Å². The van der Waals surface area contributed by atoms with Gasteiger partial charge in [0.15, 0.2) is 0 Å². The lowest BCUT2D eigenvalue weighted by Crippen LogP contribution is -2.32. The number of rotatable bonds is 5. The van der Waals surface area contributed by atoms with Gasteiger partial charge < -0.3 is 9.64 Å². The van der Waals surface area contributed by atoms with Crippen molar-refractivity contribution in [2.24, 2.45) is 5.92 Å². The van der Waals surface area contributed by atoms with Gasteiger partial charge in [0, 0.05) is 24.5 Å². The van der Waals surface area contributed by atoms with E-state index in [1.165, 1.54) is 38.2 Å². The summed E-state index contributed by atoms with van der Waals surface area (Å²) in [4.78, 5) is 2.43. The number of benzene rings is 2. The molecule has 2 aromatic carbocycles. The van der Waals surface area contributed by atoms with Gasteiger partial charge in [0.25, 0.3) is 10.0 Å². The van der Waals surface area contributed by atoms with E-state index in [2.05, 4.69) is 16.5 Å². The SMILES string of the molecule is COc1ccc(S(=O)(=O)Nc2ccc(N3CCC(C)CC3)cc2)cc1Cl. The van der Waals surface area contributed by atoms with Crippen LogP contribution in [0.3, 0.4) is 0 Å². The number of methoxy groups -OCH3 is 1. The fourth-order valence-corrected chi connectivity index (χ4v) is 4.44. The Balaban J connectivity index is 1.72. The van der Waals surface area contributed by atoms with Gasteiger partial charge in [-0.05, 0) is 61.2 Å². The Morgan fingerprint density at radius 1 is 1.12 bits per heavy atom. The van der Waals surface area contributed by atoms with Crippen LogP contribution in [0, 0.1) is 5.92 Å². The molecule has 0 radical (unpaired) electrons. The van der Waals surface area contributed by atoms with Crippen molar-refractivity contribution in [3.63, 3.8) is 0 Å². The van der Waals surface area contributed by atoms with E-state index in [4.69, 9.17) is 16.3 Å². The molecule has 0 amide bonds. The van der Waals surface area contributed by atoms with Crippen LogP contribution in [0.15, 0.2) is 47.4 Å². The molecule has 140 valence electrons. The molecule has 5 nitrogen and oxygen atoms in total. The fraction of sp³-hybridized carbons (Fsp3) is 0.368. The molecule has 7 heteroatoms. The Morgan fingerprint density at radius 2 is 1.77 bits per heavy atom. The Kier molecular flexibility index (Phi) is 5.63. The largest absolute Gasteiger partial charge is 0.495 e. The van der Waals surface area contributed by atoms with E-state index in [9.17, 15) is 8.42 Å². The molecule has 3 rings (SSSR count). The molecule has 1 saturated heterocycles. The molecule has 1 fully saturated rings. The quantitative estimate of drug-likeness (QED) is 0.817. The molecule has 2 aromatic rings. The van der Waals surface area contributed by atoms with Gasteiger partial charge in [-0.1, -0.05) is 18.5 Å². The van der Waals surface area contributed by atoms with E-state index in [0.29, 0.717) is 11.4 Å². The fourth-order valence-electron chi connectivity index (χ4n) is 3.04. The molecule has 1 N–H and O–H groups in total. The van der Waals surface area contributed by atoms with Gasteiger partial charge in [0.05, 0.1) is 17.0 Å². The Labute approximate surface area is 160 Å². The van der Waals surface area contributed by atoms with Crippen molar-refractivity contribution in [2.45, 2.75) is 24.7 Å². The average molecular weight is 395 g/mol.